The molecule has 0 radical (unpaired) electrons. The maximum Gasteiger partial charge on any atom is 0.387 e. The van der Waals surface area contributed by atoms with Crippen LogP contribution in [0.5, 0.6) is 11.6 Å². The summed E-state index contributed by atoms with van der Waals surface area (Å²) in [4.78, 5) is 36.3. The lowest BCUT2D eigenvalue weighted by Crippen LogP contribution is -2.34. The first-order chi connectivity index (χ1) is 20.4. The van der Waals surface area contributed by atoms with Crippen molar-refractivity contribution in [2.45, 2.75) is 84.7 Å². The number of nitrogens with one attached hydrogen (secondary N) is 1. The zero-order chi connectivity index (χ0) is 31.1. The molecule has 0 bridgehead atoms. The van der Waals surface area contributed by atoms with E-state index in [1.54, 1.807) is 22.6 Å². The summed E-state index contributed by atoms with van der Waals surface area (Å²) in [5.74, 6) is -0.0310. The van der Waals surface area contributed by atoms with Gasteiger partial charge in [0.2, 0.25) is 17.7 Å². The molecule has 1 aromatic carbocycles. The fraction of sp³-hybridized carbons (Fsp3) is 0.533. The van der Waals surface area contributed by atoms with Crippen molar-refractivity contribution in [3.8, 4) is 22.8 Å². The predicted molar refractivity (Wildman–Crippen MR) is 161 cm³/mol. The molecule has 3 aromatic rings. The van der Waals surface area contributed by atoms with E-state index >= 15 is 0 Å². The molecule has 1 saturated carbocycles. The van der Waals surface area contributed by atoms with Crippen LogP contribution in [0.3, 0.4) is 0 Å². The normalized spacial score (nSPS) is 15.7. The minimum Gasteiger partial charge on any atom is -0.480 e. The first kappa shape index (κ1) is 30.9. The van der Waals surface area contributed by atoms with E-state index in [0.29, 0.717) is 46.8 Å². The van der Waals surface area contributed by atoms with Crippen molar-refractivity contribution in [1.82, 2.24) is 19.4 Å². The van der Waals surface area contributed by atoms with Gasteiger partial charge in [0.1, 0.15) is 12.5 Å². The Kier molecular flexibility index (Phi) is 8.75. The Morgan fingerprint density at radius 3 is 2.58 bits per heavy atom. The van der Waals surface area contributed by atoms with Crippen molar-refractivity contribution >= 4 is 36.9 Å². The Hall–Kier alpha value is -3.58. The van der Waals surface area contributed by atoms with Gasteiger partial charge in [-0.25, -0.2) is 0 Å². The molecular formula is C30H39F2N5O5Si. The van der Waals surface area contributed by atoms with Crippen LogP contribution in [0.2, 0.25) is 25.7 Å². The fourth-order valence-electron chi connectivity index (χ4n) is 5.38. The Bertz CT molecular complexity index is 1540. The second-order valence-corrected chi connectivity index (χ2v) is 18.0. The average molecular weight is 616 g/mol. The van der Waals surface area contributed by atoms with E-state index in [-0.39, 0.29) is 54.1 Å². The molecule has 2 amide bonds. The number of fused-ring (bicyclic) bond motifs is 2. The topological polar surface area (TPSA) is 108 Å². The van der Waals surface area contributed by atoms with Crippen molar-refractivity contribution in [2.75, 3.05) is 19.0 Å². The maximum atomic E-state index is 13.6. The molecule has 1 aliphatic carbocycles. The van der Waals surface area contributed by atoms with Gasteiger partial charge in [-0.3, -0.25) is 14.9 Å². The lowest BCUT2D eigenvalue weighted by molar-refractivity contribution is -0.115. The van der Waals surface area contributed by atoms with Gasteiger partial charge in [0, 0.05) is 45.4 Å². The van der Waals surface area contributed by atoms with Crippen molar-refractivity contribution in [2.24, 2.45) is 5.92 Å². The Labute approximate surface area is 250 Å². The molecule has 0 unspecified atom stereocenters. The van der Waals surface area contributed by atoms with E-state index in [9.17, 15) is 18.4 Å². The number of alkyl halides is 2. The van der Waals surface area contributed by atoms with Crippen molar-refractivity contribution in [3.63, 3.8) is 0 Å². The Balaban J connectivity index is 1.62. The number of carbonyl (C=O) groups is 2. The van der Waals surface area contributed by atoms with Crippen LogP contribution in [0, 0.1) is 5.92 Å². The number of aromatic nitrogens is 3. The predicted octanol–water partition coefficient (Wildman–Crippen LogP) is 6.12. The number of nitrogens with zero attached hydrogens (tertiary/aromatic N) is 4. The quantitative estimate of drug-likeness (QED) is 0.182. The third-order valence-corrected chi connectivity index (χ3v) is 9.70. The van der Waals surface area contributed by atoms with Crippen LogP contribution in [-0.4, -0.2) is 65.7 Å². The van der Waals surface area contributed by atoms with E-state index in [0.717, 1.165) is 18.9 Å². The number of methoxy groups -OCH3 is 1. The zero-order valence-electron chi connectivity index (χ0n) is 25.5. The zero-order valence-corrected chi connectivity index (χ0v) is 26.5. The number of hydrogen-bond acceptors (Lipinski definition) is 7. The number of hydrogen-bond donors (Lipinski definition) is 1. The molecule has 2 aliphatic rings. The van der Waals surface area contributed by atoms with Gasteiger partial charge in [0.15, 0.2) is 5.65 Å². The van der Waals surface area contributed by atoms with E-state index in [1.165, 1.54) is 13.2 Å². The van der Waals surface area contributed by atoms with Crippen LogP contribution in [0.15, 0.2) is 18.3 Å². The Morgan fingerprint density at radius 2 is 1.95 bits per heavy atom. The van der Waals surface area contributed by atoms with Gasteiger partial charge in [0.25, 0.3) is 5.91 Å². The van der Waals surface area contributed by atoms with Crippen LogP contribution >= 0.6 is 0 Å². The second-order valence-electron chi connectivity index (χ2n) is 12.4. The van der Waals surface area contributed by atoms with Gasteiger partial charge in [-0.05, 0) is 55.0 Å². The summed E-state index contributed by atoms with van der Waals surface area (Å²) in [6, 6.07) is 4.27. The van der Waals surface area contributed by atoms with Gasteiger partial charge < -0.3 is 23.7 Å². The highest BCUT2D eigenvalue weighted by Crippen LogP contribution is 2.44. The number of rotatable bonds is 13. The van der Waals surface area contributed by atoms with E-state index in [4.69, 9.17) is 14.2 Å². The summed E-state index contributed by atoms with van der Waals surface area (Å²) in [6.45, 7) is 8.46. The Morgan fingerprint density at radius 1 is 1.21 bits per heavy atom. The number of anilines is 1. The summed E-state index contributed by atoms with van der Waals surface area (Å²) >= 11 is 0. The highest BCUT2D eigenvalue weighted by Gasteiger charge is 2.40. The van der Waals surface area contributed by atoms with E-state index < -0.39 is 14.7 Å². The number of amides is 2. The highest BCUT2D eigenvalue weighted by atomic mass is 28.3. The molecule has 1 N–H and O–H groups in total. The smallest absolute Gasteiger partial charge is 0.387 e. The molecule has 1 aliphatic heterocycles. The standard InChI is InChI=1S/C30H39F2N5O5Si/c1-7-23(38)33-30-34-26-25(27(35-30)40-3)21(15-36(26)16-41-10-11-43(4,5)6)19-12-20-14-37(17(2)18-8-9-18)28(39)24(20)22(13-19)42-29(31)32/h12-13,15,17-18,29H,7-11,14,16H2,1-6H3,(H,33,34,35,38)/t17-/m0/s1. The molecule has 2 aromatic heterocycles. The average Bonchev–Trinajstić information content (AvgIpc) is 3.65. The fourth-order valence-corrected chi connectivity index (χ4v) is 6.13. The molecule has 13 heteroatoms. The van der Waals surface area contributed by atoms with Crippen LogP contribution in [0.25, 0.3) is 22.2 Å². The van der Waals surface area contributed by atoms with Crippen LogP contribution in [0.4, 0.5) is 14.7 Å². The molecule has 0 spiro atoms. The molecule has 10 nitrogen and oxygen atoms in total. The second kappa shape index (κ2) is 12.2. The van der Waals surface area contributed by atoms with E-state index in [1.807, 2.05) is 13.0 Å². The van der Waals surface area contributed by atoms with E-state index in [2.05, 4.69) is 34.9 Å². The van der Waals surface area contributed by atoms with Crippen LogP contribution in [0.1, 0.15) is 49.0 Å². The third-order valence-electron chi connectivity index (χ3n) is 8.00. The first-order valence-corrected chi connectivity index (χ1v) is 18.4. The summed E-state index contributed by atoms with van der Waals surface area (Å²) in [5.41, 5.74) is 2.36. The summed E-state index contributed by atoms with van der Waals surface area (Å²) in [6.07, 6.45) is 4.14. The summed E-state index contributed by atoms with van der Waals surface area (Å²) in [5, 5.41) is 3.20. The van der Waals surface area contributed by atoms with Gasteiger partial charge in [0.05, 0.1) is 18.1 Å². The highest BCUT2D eigenvalue weighted by molar-refractivity contribution is 6.76. The van der Waals surface area contributed by atoms with Crippen LogP contribution in [-0.2, 0) is 22.8 Å². The van der Waals surface area contributed by atoms with Crippen molar-refractivity contribution < 1.29 is 32.6 Å². The number of benzene rings is 1. The molecule has 0 saturated heterocycles. The van der Waals surface area contributed by atoms with Crippen molar-refractivity contribution in [1.29, 1.82) is 0 Å². The number of ether oxygens (including phenoxy) is 3. The SMILES string of the molecule is CCC(=O)Nc1nc(OC)c2c(-c3cc4c(c(OC(F)F)c3)C(=O)N([C@@H](C)C3CC3)C4)cn(COCC[Si](C)(C)C)c2n1. The minimum atomic E-state index is -3.11. The minimum absolute atomic E-state index is 0.00298. The lowest BCUT2D eigenvalue weighted by Gasteiger charge is -2.24. The molecule has 43 heavy (non-hydrogen) atoms. The van der Waals surface area contributed by atoms with Gasteiger partial charge in [-0.1, -0.05) is 26.6 Å². The molecule has 5 rings (SSSR count). The molecule has 1 atom stereocenters. The summed E-state index contributed by atoms with van der Waals surface area (Å²) in [7, 11) is 0.131. The van der Waals surface area contributed by atoms with Gasteiger partial charge in [-0.15, -0.1) is 0 Å². The van der Waals surface area contributed by atoms with Crippen LogP contribution < -0.4 is 14.8 Å². The molecule has 1 fully saturated rings. The first-order valence-electron chi connectivity index (χ1n) is 14.7. The molecule has 3 heterocycles. The van der Waals surface area contributed by atoms with Crippen molar-refractivity contribution in [3.05, 3.63) is 29.5 Å². The third kappa shape index (κ3) is 6.67. The number of carbonyl (C=O) groups excluding carboxylic acids is 2. The molecule has 232 valence electrons. The lowest BCUT2D eigenvalue weighted by atomic mass is 9.99. The monoisotopic (exact) mass is 615 g/mol. The van der Waals surface area contributed by atoms with Gasteiger partial charge >= 0.3 is 6.61 Å². The summed E-state index contributed by atoms with van der Waals surface area (Å²) < 4.78 is 45.6. The van der Waals surface area contributed by atoms with Gasteiger partial charge in [-0.2, -0.15) is 18.7 Å². The maximum absolute atomic E-state index is 13.6. The molecular weight excluding hydrogens is 576 g/mol. The largest absolute Gasteiger partial charge is 0.480 e. The number of halogens is 2.